The molecule has 1 aromatic rings. The fourth-order valence-electron chi connectivity index (χ4n) is 2.87. The third kappa shape index (κ3) is 4.67. The lowest BCUT2D eigenvalue weighted by atomic mass is 9.76. The molecule has 0 N–H and O–H groups in total. The number of hydrogen-bond donors (Lipinski definition) is 0. The van der Waals surface area contributed by atoms with Gasteiger partial charge in [0, 0.05) is 5.56 Å². The number of benzene rings is 1. The van der Waals surface area contributed by atoms with Crippen molar-refractivity contribution in [3.05, 3.63) is 35.4 Å². The summed E-state index contributed by atoms with van der Waals surface area (Å²) in [7, 11) is 0. The van der Waals surface area contributed by atoms with Crippen molar-refractivity contribution in [2.75, 3.05) is 6.61 Å². The second-order valence-electron chi connectivity index (χ2n) is 7.37. The van der Waals surface area contributed by atoms with E-state index in [1.165, 1.54) is 18.4 Å². The highest BCUT2D eigenvalue weighted by molar-refractivity contribution is 5.97. The van der Waals surface area contributed by atoms with Gasteiger partial charge in [0.15, 0.2) is 5.78 Å². The minimum atomic E-state index is 0.0927. The van der Waals surface area contributed by atoms with Crippen LogP contribution in [0.2, 0.25) is 0 Å². The Labute approximate surface area is 128 Å². The molecule has 0 bridgehead atoms. The van der Waals surface area contributed by atoms with E-state index in [0.29, 0.717) is 11.3 Å². The average molecular weight is 288 g/mol. The summed E-state index contributed by atoms with van der Waals surface area (Å²) in [5.41, 5.74) is 2.47. The van der Waals surface area contributed by atoms with Gasteiger partial charge >= 0.3 is 0 Å². The standard InChI is InChI=1S/C19H28O2/c1-14(2)15-5-7-16(8-6-15)18(20)13-21-17-9-11-19(3,4)12-10-17/h5-8,14,17H,9-13H2,1-4H3. The lowest BCUT2D eigenvalue weighted by Gasteiger charge is -2.34. The molecule has 0 amide bonds. The van der Waals surface area contributed by atoms with E-state index in [9.17, 15) is 4.79 Å². The predicted molar refractivity (Wildman–Crippen MR) is 86.9 cm³/mol. The predicted octanol–water partition coefficient (Wildman–Crippen LogP) is 4.98. The van der Waals surface area contributed by atoms with Gasteiger partial charge in [-0.05, 0) is 42.6 Å². The van der Waals surface area contributed by atoms with E-state index in [0.717, 1.165) is 18.4 Å². The van der Waals surface area contributed by atoms with Crippen molar-refractivity contribution in [3.63, 3.8) is 0 Å². The van der Waals surface area contributed by atoms with Gasteiger partial charge in [0.05, 0.1) is 6.10 Å². The molecule has 0 aromatic heterocycles. The molecule has 0 atom stereocenters. The molecule has 0 saturated heterocycles. The summed E-state index contributed by atoms with van der Waals surface area (Å²) >= 11 is 0. The molecule has 1 aliphatic carbocycles. The van der Waals surface area contributed by atoms with E-state index in [4.69, 9.17) is 4.74 Å². The first-order valence-corrected chi connectivity index (χ1v) is 8.12. The van der Waals surface area contributed by atoms with Crippen LogP contribution in [0.4, 0.5) is 0 Å². The van der Waals surface area contributed by atoms with Crippen LogP contribution >= 0.6 is 0 Å². The molecule has 0 radical (unpaired) electrons. The van der Waals surface area contributed by atoms with Gasteiger partial charge in [0.2, 0.25) is 0 Å². The highest BCUT2D eigenvalue weighted by Crippen LogP contribution is 2.36. The second-order valence-corrected chi connectivity index (χ2v) is 7.37. The van der Waals surface area contributed by atoms with Crippen LogP contribution in [-0.4, -0.2) is 18.5 Å². The second kappa shape index (κ2) is 6.74. The van der Waals surface area contributed by atoms with Crippen LogP contribution in [0.3, 0.4) is 0 Å². The number of hydrogen-bond acceptors (Lipinski definition) is 2. The summed E-state index contributed by atoms with van der Waals surface area (Å²) in [6.07, 6.45) is 4.79. The third-order valence-electron chi connectivity index (χ3n) is 4.64. The number of Topliss-reactive ketones (excluding diaryl/α,β-unsaturated/α-hetero) is 1. The van der Waals surface area contributed by atoms with E-state index < -0.39 is 0 Å². The zero-order chi connectivity index (χ0) is 15.5. The quantitative estimate of drug-likeness (QED) is 0.714. The number of ketones is 1. The van der Waals surface area contributed by atoms with E-state index in [-0.39, 0.29) is 18.5 Å². The van der Waals surface area contributed by atoms with E-state index in [2.05, 4.69) is 27.7 Å². The summed E-state index contributed by atoms with van der Waals surface area (Å²) in [6.45, 7) is 9.15. The maximum absolute atomic E-state index is 12.2. The summed E-state index contributed by atoms with van der Waals surface area (Å²) in [6, 6.07) is 7.93. The van der Waals surface area contributed by atoms with Gasteiger partial charge in [0.1, 0.15) is 6.61 Å². The van der Waals surface area contributed by atoms with Crippen molar-refractivity contribution in [1.82, 2.24) is 0 Å². The van der Waals surface area contributed by atoms with E-state index >= 15 is 0 Å². The number of rotatable bonds is 5. The Kier molecular flexibility index (Phi) is 5.21. The van der Waals surface area contributed by atoms with Crippen molar-refractivity contribution in [2.45, 2.75) is 65.4 Å². The van der Waals surface area contributed by atoms with Crippen LogP contribution in [0.5, 0.6) is 0 Å². The average Bonchev–Trinajstić information content (AvgIpc) is 2.46. The Bertz CT molecular complexity index is 461. The SMILES string of the molecule is CC(C)c1ccc(C(=O)COC2CCC(C)(C)CC2)cc1. The summed E-state index contributed by atoms with van der Waals surface area (Å²) in [4.78, 5) is 12.2. The maximum Gasteiger partial charge on any atom is 0.188 e. The van der Waals surface area contributed by atoms with Crippen molar-refractivity contribution < 1.29 is 9.53 Å². The van der Waals surface area contributed by atoms with Gasteiger partial charge in [-0.3, -0.25) is 4.79 Å². The van der Waals surface area contributed by atoms with Gasteiger partial charge in [-0.15, -0.1) is 0 Å². The molecule has 2 heteroatoms. The first-order valence-electron chi connectivity index (χ1n) is 8.12. The van der Waals surface area contributed by atoms with Crippen LogP contribution in [-0.2, 0) is 4.74 Å². The Hall–Kier alpha value is -1.15. The molecule has 0 unspecified atom stereocenters. The maximum atomic E-state index is 12.2. The molecule has 1 fully saturated rings. The molecular weight excluding hydrogens is 260 g/mol. The van der Waals surface area contributed by atoms with Crippen molar-refractivity contribution in [1.29, 1.82) is 0 Å². The van der Waals surface area contributed by atoms with Crippen LogP contribution in [0.15, 0.2) is 24.3 Å². The Morgan fingerprint density at radius 3 is 2.29 bits per heavy atom. The summed E-state index contributed by atoms with van der Waals surface area (Å²) in [5, 5.41) is 0. The van der Waals surface area contributed by atoms with Gasteiger partial charge in [0.25, 0.3) is 0 Å². The summed E-state index contributed by atoms with van der Waals surface area (Å²) in [5.74, 6) is 0.589. The normalized spacial score (nSPS) is 18.9. The Balaban J connectivity index is 1.82. The van der Waals surface area contributed by atoms with Crippen LogP contribution in [0.25, 0.3) is 0 Å². The fourth-order valence-corrected chi connectivity index (χ4v) is 2.87. The molecular formula is C19H28O2. The topological polar surface area (TPSA) is 26.3 Å². The molecule has 1 aliphatic rings. The molecule has 2 nitrogen and oxygen atoms in total. The lowest BCUT2D eigenvalue weighted by molar-refractivity contribution is 0.00862. The molecule has 116 valence electrons. The van der Waals surface area contributed by atoms with Gasteiger partial charge in [-0.2, -0.15) is 0 Å². The number of carbonyl (C=O) groups excluding carboxylic acids is 1. The largest absolute Gasteiger partial charge is 0.370 e. The highest BCUT2D eigenvalue weighted by Gasteiger charge is 2.27. The van der Waals surface area contributed by atoms with E-state index in [1.54, 1.807) is 0 Å². The Morgan fingerprint density at radius 1 is 1.19 bits per heavy atom. The zero-order valence-corrected chi connectivity index (χ0v) is 13.8. The van der Waals surface area contributed by atoms with E-state index in [1.807, 2.05) is 24.3 Å². The van der Waals surface area contributed by atoms with Gasteiger partial charge < -0.3 is 4.74 Å². The molecule has 21 heavy (non-hydrogen) atoms. The molecule has 1 saturated carbocycles. The minimum Gasteiger partial charge on any atom is -0.370 e. The fraction of sp³-hybridized carbons (Fsp3) is 0.632. The smallest absolute Gasteiger partial charge is 0.188 e. The van der Waals surface area contributed by atoms with Crippen molar-refractivity contribution in [3.8, 4) is 0 Å². The molecule has 2 rings (SSSR count). The lowest BCUT2D eigenvalue weighted by Crippen LogP contribution is -2.28. The third-order valence-corrected chi connectivity index (χ3v) is 4.64. The number of ether oxygens (including phenoxy) is 1. The minimum absolute atomic E-state index is 0.0927. The van der Waals surface area contributed by atoms with Gasteiger partial charge in [-0.1, -0.05) is 52.0 Å². The van der Waals surface area contributed by atoms with Crippen molar-refractivity contribution >= 4 is 5.78 Å². The molecule has 0 spiro atoms. The number of carbonyl (C=O) groups is 1. The monoisotopic (exact) mass is 288 g/mol. The van der Waals surface area contributed by atoms with Crippen LogP contribution in [0.1, 0.15) is 75.2 Å². The van der Waals surface area contributed by atoms with Crippen LogP contribution in [0, 0.1) is 5.41 Å². The zero-order valence-electron chi connectivity index (χ0n) is 13.8. The molecule has 0 heterocycles. The first kappa shape index (κ1) is 16.2. The Morgan fingerprint density at radius 2 is 1.76 bits per heavy atom. The first-order chi connectivity index (χ1) is 9.87. The summed E-state index contributed by atoms with van der Waals surface area (Å²) < 4.78 is 5.82. The van der Waals surface area contributed by atoms with Crippen LogP contribution < -0.4 is 0 Å². The molecule has 0 aliphatic heterocycles. The van der Waals surface area contributed by atoms with Crippen molar-refractivity contribution in [2.24, 2.45) is 5.41 Å². The molecule has 1 aromatic carbocycles. The highest BCUT2D eigenvalue weighted by atomic mass is 16.5. The van der Waals surface area contributed by atoms with Gasteiger partial charge in [-0.25, -0.2) is 0 Å².